The SMILES string of the molecule is CCN(C=O)C(C)CO. The molecule has 3 heteroatoms. The predicted molar refractivity (Wildman–Crippen MR) is 35.0 cm³/mol. The average Bonchev–Trinajstić information content (AvgIpc) is 1.90. The van der Waals surface area contributed by atoms with Crippen LogP contribution in [0.1, 0.15) is 13.8 Å². The smallest absolute Gasteiger partial charge is 0.210 e. The molecular weight excluding hydrogens is 118 g/mol. The number of carbonyl (C=O) groups excluding carboxylic acids is 1. The number of hydrogen-bond acceptors (Lipinski definition) is 2. The molecule has 0 aliphatic rings. The molecule has 0 saturated carbocycles. The van der Waals surface area contributed by atoms with Crippen molar-refractivity contribution in [2.24, 2.45) is 0 Å². The number of amides is 1. The largest absolute Gasteiger partial charge is 0.394 e. The van der Waals surface area contributed by atoms with Gasteiger partial charge in [-0.15, -0.1) is 0 Å². The predicted octanol–water partition coefficient (Wildman–Crippen LogP) is -0.155. The molecule has 0 bridgehead atoms. The molecule has 1 amide bonds. The van der Waals surface area contributed by atoms with Gasteiger partial charge in [-0.2, -0.15) is 0 Å². The number of likely N-dealkylation sites (N-methyl/N-ethyl adjacent to an activating group) is 1. The Kier molecular flexibility index (Phi) is 4.05. The van der Waals surface area contributed by atoms with E-state index in [9.17, 15) is 4.79 Å². The van der Waals surface area contributed by atoms with Gasteiger partial charge in [0.1, 0.15) is 0 Å². The van der Waals surface area contributed by atoms with Gasteiger partial charge in [0.05, 0.1) is 12.6 Å². The molecule has 0 fully saturated rings. The Labute approximate surface area is 55.3 Å². The van der Waals surface area contributed by atoms with Gasteiger partial charge in [-0.1, -0.05) is 0 Å². The molecule has 3 nitrogen and oxygen atoms in total. The Morgan fingerprint density at radius 1 is 1.78 bits per heavy atom. The second-order valence-corrected chi connectivity index (χ2v) is 1.97. The summed E-state index contributed by atoms with van der Waals surface area (Å²) in [7, 11) is 0. The van der Waals surface area contributed by atoms with E-state index in [4.69, 9.17) is 5.11 Å². The number of hydrogen-bond donors (Lipinski definition) is 1. The second-order valence-electron chi connectivity index (χ2n) is 1.97. The summed E-state index contributed by atoms with van der Waals surface area (Å²) in [4.78, 5) is 11.7. The highest BCUT2D eigenvalue weighted by Gasteiger charge is 2.05. The zero-order chi connectivity index (χ0) is 7.28. The Balaban J connectivity index is 3.63. The van der Waals surface area contributed by atoms with E-state index in [0.717, 1.165) is 6.41 Å². The van der Waals surface area contributed by atoms with E-state index in [1.165, 1.54) is 0 Å². The lowest BCUT2D eigenvalue weighted by Crippen LogP contribution is -2.34. The summed E-state index contributed by atoms with van der Waals surface area (Å²) in [5.41, 5.74) is 0. The summed E-state index contributed by atoms with van der Waals surface area (Å²) < 4.78 is 0. The lowest BCUT2D eigenvalue weighted by Gasteiger charge is -2.20. The van der Waals surface area contributed by atoms with Gasteiger partial charge in [-0.25, -0.2) is 0 Å². The first-order valence-electron chi connectivity index (χ1n) is 3.08. The van der Waals surface area contributed by atoms with Gasteiger partial charge in [0.15, 0.2) is 0 Å². The fraction of sp³-hybridized carbons (Fsp3) is 0.833. The van der Waals surface area contributed by atoms with Crippen molar-refractivity contribution in [3.63, 3.8) is 0 Å². The standard InChI is InChI=1S/C6H13NO2/c1-3-7(5-9)6(2)4-8/h5-6,8H,3-4H2,1-2H3. The molecular formula is C6H13NO2. The van der Waals surface area contributed by atoms with Crippen LogP contribution in [0.4, 0.5) is 0 Å². The van der Waals surface area contributed by atoms with E-state index >= 15 is 0 Å². The molecule has 54 valence electrons. The van der Waals surface area contributed by atoms with Crippen molar-refractivity contribution in [1.29, 1.82) is 0 Å². The van der Waals surface area contributed by atoms with Gasteiger partial charge in [-0.3, -0.25) is 4.79 Å². The van der Waals surface area contributed by atoms with Crippen LogP contribution in [0.25, 0.3) is 0 Å². The summed E-state index contributed by atoms with van der Waals surface area (Å²) in [6.07, 6.45) is 0.751. The van der Waals surface area contributed by atoms with E-state index in [-0.39, 0.29) is 12.6 Å². The number of rotatable bonds is 4. The number of nitrogens with zero attached hydrogens (tertiary/aromatic N) is 1. The lowest BCUT2D eigenvalue weighted by molar-refractivity contribution is -0.120. The summed E-state index contributed by atoms with van der Waals surface area (Å²) in [6, 6.07) is -0.0486. The second kappa shape index (κ2) is 4.32. The van der Waals surface area contributed by atoms with Crippen molar-refractivity contribution in [3.8, 4) is 0 Å². The summed E-state index contributed by atoms with van der Waals surface area (Å²) in [6.45, 7) is 4.37. The number of aliphatic hydroxyl groups excluding tert-OH is 1. The minimum absolute atomic E-state index is 0.0343. The molecule has 0 radical (unpaired) electrons. The third kappa shape index (κ3) is 2.46. The molecule has 0 saturated heterocycles. The quantitative estimate of drug-likeness (QED) is 0.539. The van der Waals surface area contributed by atoms with E-state index in [2.05, 4.69) is 0 Å². The van der Waals surface area contributed by atoms with Crippen LogP contribution >= 0.6 is 0 Å². The number of carbonyl (C=O) groups is 1. The molecule has 1 N–H and O–H groups in total. The first kappa shape index (κ1) is 8.43. The monoisotopic (exact) mass is 131 g/mol. The Bertz CT molecular complexity index is 85.1. The van der Waals surface area contributed by atoms with Gasteiger partial charge in [0, 0.05) is 6.54 Å². The zero-order valence-corrected chi connectivity index (χ0v) is 5.87. The molecule has 0 aliphatic heterocycles. The highest BCUT2D eigenvalue weighted by Crippen LogP contribution is 1.91. The van der Waals surface area contributed by atoms with Crippen LogP contribution in [0.5, 0.6) is 0 Å². The third-order valence-corrected chi connectivity index (χ3v) is 1.33. The van der Waals surface area contributed by atoms with Crippen LogP contribution in [0.3, 0.4) is 0 Å². The van der Waals surface area contributed by atoms with E-state index in [1.54, 1.807) is 11.8 Å². The summed E-state index contributed by atoms with van der Waals surface area (Å²) in [5, 5.41) is 8.57. The molecule has 0 spiro atoms. The van der Waals surface area contributed by atoms with Crippen molar-refractivity contribution < 1.29 is 9.90 Å². The molecule has 0 aromatic carbocycles. The van der Waals surface area contributed by atoms with Crippen LogP contribution in [-0.4, -0.2) is 35.6 Å². The van der Waals surface area contributed by atoms with Crippen molar-refractivity contribution >= 4 is 6.41 Å². The molecule has 0 aromatic heterocycles. The highest BCUT2D eigenvalue weighted by molar-refractivity contribution is 5.47. The summed E-state index contributed by atoms with van der Waals surface area (Å²) >= 11 is 0. The Morgan fingerprint density at radius 2 is 2.33 bits per heavy atom. The molecule has 0 rings (SSSR count). The maximum Gasteiger partial charge on any atom is 0.210 e. The van der Waals surface area contributed by atoms with Crippen molar-refractivity contribution in [1.82, 2.24) is 4.90 Å². The molecule has 0 aromatic rings. The zero-order valence-electron chi connectivity index (χ0n) is 5.87. The maximum atomic E-state index is 10.2. The van der Waals surface area contributed by atoms with Crippen LogP contribution < -0.4 is 0 Å². The van der Waals surface area contributed by atoms with Gasteiger partial charge in [0.25, 0.3) is 0 Å². The Hall–Kier alpha value is -0.570. The lowest BCUT2D eigenvalue weighted by atomic mass is 10.3. The fourth-order valence-electron chi connectivity index (χ4n) is 0.595. The van der Waals surface area contributed by atoms with Gasteiger partial charge >= 0.3 is 0 Å². The molecule has 0 heterocycles. The Morgan fingerprint density at radius 3 is 2.44 bits per heavy atom. The normalized spacial score (nSPS) is 12.8. The fourth-order valence-corrected chi connectivity index (χ4v) is 0.595. The number of aliphatic hydroxyl groups is 1. The van der Waals surface area contributed by atoms with Crippen LogP contribution in [-0.2, 0) is 4.79 Å². The van der Waals surface area contributed by atoms with Crippen molar-refractivity contribution in [2.45, 2.75) is 19.9 Å². The van der Waals surface area contributed by atoms with E-state index < -0.39 is 0 Å². The van der Waals surface area contributed by atoms with Crippen LogP contribution in [0.2, 0.25) is 0 Å². The van der Waals surface area contributed by atoms with Crippen LogP contribution in [0, 0.1) is 0 Å². The highest BCUT2D eigenvalue weighted by atomic mass is 16.3. The topological polar surface area (TPSA) is 40.5 Å². The van der Waals surface area contributed by atoms with E-state index in [1.807, 2.05) is 6.92 Å². The first-order valence-corrected chi connectivity index (χ1v) is 3.08. The average molecular weight is 131 g/mol. The molecule has 1 unspecified atom stereocenters. The first-order chi connectivity index (χ1) is 4.26. The van der Waals surface area contributed by atoms with Crippen LogP contribution in [0.15, 0.2) is 0 Å². The van der Waals surface area contributed by atoms with Crippen molar-refractivity contribution in [3.05, 3.63) is 0 Å². The van der Waals surface area contributed by atoms with Gasteiger partial charge in [0.2, 0.25) is 6.41 Å². The minimum atomic E-state index is -0.0486. The van der Waals surface area contributed by atoms with Gasteiger partial charge < -0.3 is 10.0 Å². The van der Waals surface area contributed by atoms with Gasteiger partial charge in [-0.05, 0) is 13.8 Å². The molecule has 9 heavy (non-hydrogen) atoms. The van der Waals surface area contributed by atoms with E-state index in [0.29, 0.717) is 6.54 Å². The summed E-state index contributed by atoms with van der Waals surface area (Å²) in [5.74, 6) is 0. The third-order valence-electron chi connectivity index (χ3n) is 1.33. The molecule has 1 atom stereocenters. The molecule has 0 aliphatic carbocycles. The van der Waals surface area contributed by atoms with Crippen molar-refractivity contribution in [2.75, 3.05) is 13.2 Å². The minimum Gasteiger partial charge on any atom is -0.394 e. The maximum absolute atomic E-state index is 10.2.